The SMILES string of the molecule is O=C(CN1CCN(c2cncc3ncnn23)CC1)NC1CC1. The summed E-state index contributed by atoms with van der Waals surface area (Å²) < 4.78 is 1.81. The molecular formula is C14H19N7O. The van der Waals surface area contributed by atoms with Gasteiger partial charge in [-0.05, 0) is 12.8 Å². The summed E-state index contributed by atoms with van der Waals surface area (Å²) in [5.74, 6) is 1.10. The van der Waals surface area contributed by atoms with Crippen molar-refractivity contribution in [3.8, 4) is 0 Å². The lowest BCUT2D eigenvalue weighted by Gasteiger charge is -2.35. The van der Waals surface area contributed by atoms with Crippen LogP contribution in [0, 0.1) is 0 Å². The summed E-state index contributed by atoms with van der Waals surface area (Å²) in [6.45, 7) is 3.94. The van der Waals surface area contributed by atoms with Crippen LogP contribution in [-0.4, -0.2) is 69.2 Å². The molecular weight excluding hydrogens is 282 g/mol. The second-order valence-electron chi connectivity index (χ2n) is 5.90. The molecule has 8 heteroatoms. The third-order valence-electron chi connectivity index (χ3n) is 4.18. The zero-order valence-electron chi connectivity index (χ0n) is 12.4. The summed E-state index contributed by atoms with van der Waals surface area (Å²) in [6, 6.07) is 0.435. The second kappa shape index (κ2) is 5.53. The summed E-state index contributed by atoms with van der Waals surface area (Å²) >= 11 is 0. The third-order valence-corrected chi connectivity index (χ3v) is 4.18. The van der Waals surface area contributed by atoms with Crippen molar-refractivity contribution in [2.24, 2.45) is 0 Å². The van der Waals surface area contributed by atoms with Crippen LogP contribution in [0.5, 0.6) is 0 Å². The van der Waals surface area contributed by atoms with Gasteiger partial charge in [0.05, 0.1) is 18.9 Å². The van der Waals surface area contributed by atoms with Gasteiger partial charge in [0.1, 0.15) is 6.33 Å². The lowest BCUT2D eigenvalue weighted by atomic mass is 10.3. The molecule has 3 heterocycles. The predicted octanol–water partition coefficient (Wildman–Crippen LogP) is -0.475. The van der Waals surface area contributed by atoms with Crippen LogP contribution >= 0.6 is 0 Å². The number of carbonyl (C=O) groups is 1. The van der Waals surface area contributed by atoms with E-state index < -0.39 is 0 Å². The molecule has 2 fully saturated rings. The minimum absolute atomic E-state index is 0.149. The Morgan fingerprint density at radius 3 is 2.82 bits per heavy atom. The van der Waals surface area contributed by atoms with Crippen LogP contribution in [0.1, 0.15) is 12.8 Å². The van der Waals surface area contributed by atoms with Crippen LogP contribution in [0.2, 0.25) is 0 Å². The number of anilines is 1. The summed E-state index contributed by atoms with van der Waals surface area (Å²) in [5.41, 5.74) is 0.753. The molecule has 116 valence electrons. The zero-order chi connectivity index (χ0) is 14.9. The highest BCUT2D eigenvalue weighted by Gasteiger charge is 2.25. The molecule has 4 rings (SSSR count). The first kappa shape index (κ1) is 13.4. The molecule has 1 aliphatic carbocycles. The maximum absolute atomic E-state index is 11.9. The molecule has 0 spiro atoms. The fourth-order valence-corrected chi connectivity index (χ4v) is 2.80. The number of amides is 1. The van der Waals surface area contributed by atoms with Crippen LogP contribution in [0.3, 0.4) is 0 Å². The molecule has 1 aliphatic heterocycles. The first-order valence-electron chi connectivity index (χ1n) is 7.70. The topological polar surface area (TPSA) is 78.7 Å². The molecule has 8 nitrogen and oxygen atoms in total. The highest BCUT2D eigenvalue weighted by atomic mass is 16.2. The Balaban J connectivity index is 1.37. The normalized spacial score (nSPS) is 19.5. The maximum atomic E-state index is 11.9. The minimum atomic E-state index is 0.149. The number of carbonyl (C=O) groups excluding carboxylic acids is 1. The Labute approximate surface area is 128 Å². The summed E-state index contributed by atoms with van der Waals surface area (Å²) in [6.07, 6.45) is 7.33. The summed E-state index contributed by atoms with van der Waals surface area (Å²) in [5, 5.41) is 7.29. The van der Waals surface area contributed by atoms with Crippen LogP contribution in [-0.2, 0) is 4.79 Å². The average Bonchev–Trinajstić information content (AvgIpc) is 3.20. The lowest BCUT2D eigenvalue weighted by molar-refractivity contribution is -0.122. The maximum Gasteiger partial charge on any atom is 0.234 e. The van der Waals surface area contributed by atoms with Crippen molar-refractivity contribution in [3.05, 3.63) is 18.7 Å². The smallest absolute Gasteiger partial charge is 0.234 e. The van der Waals surface area contributed by atoms with Crippen LogP contribution in [0.4, 0.5) is 5.82 Å². The van der Waals surface area contributed by atoms with Gasteiger partial charge >= 0.3 is 0 Å². The molecule has 1 N–H and O–H groups in total. The molecule has 1 amide bonds. The Hall–Kier alpha value is -2.22. The number of nitrogens with zero attached hydrogens (tertiary/aromatic N) is 6. The first-order chi connectivity index (χ1) is 10.8. The molecule has 2 aliphatic rings. The first-order valence-corrected chi connectivity index (χ1v) is 7.70. The van der Waals surface area contributed by atoms with Crippen molar-refractivity contribution in [1.82, 2.24) is 29.8 Å². The number of hydrogen-bond acceptors (Lipinski definition) is 6. The molecule has 0 unspecified atom stereocenters. The van der Waals surface area contributed by atoms with E-state index in [9.17, 15) is 4.79 Å². The zero-order valence-corrected chi connectivity index (χ0v) is 12.4. The quantitative estimate of drug-likeness (QED) is 0.822. The van der Waals surface area contributed by atoms with E-state index in [-0.39, 0.29) is 5.91 Å². The van der Waals surface area contributed by atoms with Gasteiger partial charge in [0, 0.05) is 32.2 Å². The van der Waals surface area contributed by atoms with E-state index in [1.54, 1.807) is 12.5 Å². The van der Waals surface area contributed by atoms with Crippen LogP contribution in [0.15, 0.2) is 18.7 Å². The molecule has 0 bridgehead atoms. The van der Waals surface area contributed by atoms with Gasteiger partial charge in [-0.1, -0.05) is 0 Å². The number of fused-ring (bicyclic) bond motifs is 1. The fourth-order valence-electron chi connectivity index (χ4n) is 2.80. The van der Waals surface area contributed by atoms with Crippen molar-refractivity contribution >= 4 is 17.4 Å². The summed E-state index contributed by atoms with van der Waals surface area (Å²) in [4.78, 5) is 24.7. The molecule has 0 aromatic carbocycles. The fraction of sp³-hybridized carbons (Fsp3) is 0.571. The third kappa shape index (κ3) is 2.74. The van der Waals surface area contributed by atoms with E-state index >= 15 is 0 Å². The van der Waals surface area contributed by atoms with Gasteiger partial charge in [0.25, 0.3) is 0 Å². The van der Waals surface area contributed by atoms with Gasteiger partial charge in [0.15, 0.2) is 11.5 Å². The molecule has 1 saturated heterocycles. The molecule has 0 radical (unpaired) electrons. The van der Waals surface area contributed by atoms with Crippen LogP contribution in [0.25, 0.3) is 5.65 Å². The molecule has 0 atom stereocenters. The largest absolute Gasteiger partial charge is 0.353 e. The van der Waals surface area contributed by atoms with Crippen molar-refractivity contribution in [2.45, 2.75) is 18.9 Å². The van der Waals surface area contributed by atoms with Crippen molar-refractivity contribution in [2.75, 3.05) is 37.6 Å². The van der Waals surface area contributed by atoms with Crippen molar-refractivity contribution in [1.29, 1.82) is 0 Å². The molecule has 2 aromatic heterocycles. The monoisotopic (exact) mass is 301 g/mol. The van der Waals surface area contributed by atoms with E-state index in [0.717, 1.165) is 50.5 Å². The number of hydrogen-bond donors (Lipinski definition) is 1. The number of piperazine rings is 1. The Kier molecular flexibility index (Phi) is 3.38. The summed E-state index contributed by atoms with van der Waals surface area (Å²) in [7, 11) is 0. The second-order valence-corrected chi connectivity index (χ2v) is 5.90. The number of rotatable bonds is 4. The van der Waals surface area contributed by atoms with E-state index in [1.807, 2.05) is 10.7 Å². The average molecular weight is 301 g/mol. The predicted molar refractivity (Wildman–Crippen MR) is 80.6 cm³/mol. The Morgan fingerprint density at radius 2 is 2.05 bits per heavy atom. The van der Waals surface area contributed by atoms with Gasteiger partial charge in [-0.2, -0.15) is 9.61 Å². The lowest BCUT2D eigenvalue weighted by Crippen LogP contribution is -2.50. The van der Waals surface area contributed by atoms with E-state index in [0.29, 0.717) is 12.6 Å². The van der Waals surface area contributed by atoms with Crippen molar-refractivity contribution in [3.63, 3.8) is 0 Å². The highest BCUT2D eigenvalue weighted by Crippen LogP contribution is 2.19. The Morgan fingerprint density at radius 1 is 1.23 bits per heavy atom. The van der Waals surface area contributed by atoms with Gasteiger partial charge in [-0.15, -0.1) is 0 Å². The van der Waals surface area contributed by atoms with Crippen molar-refractivity contribution < 1.29 is 4.79 Å². The molecule has 22 heavy (non-hydrogen) atoms. The minimum Gasteiger partial charge on any atom is -0.353 e. The van der Waals surface area contributed by atoms with Gasteiger partial charge in [-0.3, -0.25) is 14.7 Å². The number of aromatic nitrogens is 4. The molecule has 2 aromatic rings. The van der Waals surface area contributed by atoms with Gasteiger partial charge in [-0.25, -0.2) is 4.98 Å². The van der Waals surface area contributed by atoms with Gasteiger partial charge < -0.3 is 10.2 Å². The van der Waals surface area contributed by atoms with Crippen LogP contribution < -0.4 is 10.2 Å². The standard InChI is InChI=1S/C14H19N7O/c22-13(18-11-1-2-11)9-19-3-5-20(6-4-19)14-8-15-7-12-16-10-17-21(12)14/h7-8,10-11H,1-6,9H2,(H,18,22). The van der Waals surface area contributed by atoms with E-state index in [2.05, 4.69) is 30.2 Å². The van der Waals surface area contributed by atoms with Gasteiger partial charge in [0.2, 0.25) is 5.91 Å². The van der Waals surface area contributed by atoms with E-state index in [4.69, 9.17) is 0 Å². The highest BCUT2D eigenvalue weighted by molar-refractivity contribution is 5.78. The number of nitrogens with one attached hydrogen (secondary N) is 1. The molecule has 1 saturated carbocycles. The Bertz CT molecular complexity index is 673. The van der Waals surface area contributed by atoms with E-state index in [1.165, 1.54) is 0 Å².